The first-order valence-corrected chi connectivity index (χ1v) is 15.9. The fourth-order valence-corrected chi connectivity index (χ4v) is 8.11. The summed E-state index contributed by atoms with van der Waals surface area (Å²) in [6, 6.07) is 25.5. The summed E-state index contributed by atoms with van der Waals surface area (Å²) >= 11 is 12.6. The summed E-state index contributed by atoms with van der Waals surface area (Å²) in [5, 5.41) is 4.73. The molecule has 0 N–H and O–H groups in total. The Morgan fingerprint density at radius 1 is 0.478 bits per heavy atom. The molecule has 6 atom stereocenters. The molecule has 46 heavy (non-hydrogen) atoms. The van der Waals surface area contributed by atoms with Gasteiger partial charge in [-0.2, -0.15) is 0 Å². The van der Waals surface area contributed by atoms with Gasteiger partial charge in [0.25, 0.3) is 11.8 Å². The van der Waals surface area contributed by atoms with Gasteiger partial charge in [-0.3, -0.25) is 19.2 Å². The predicted octanol–water partition coefficient (Wildman–Crippen LogP) is 6.06. The predicted molar refractivity (Wildman–Crippen MR) is 174 cm³/mol. The average molecular weight is 652 g/mol. The minimum absolute atomic E-state index is 0.353. The SMILES string of the molecule is Cc1cccc(N2C(=O)C3C(C2=O)N2C(c4ccc(Cl)cc4)C4C(=O)N(c5cccc(C)c5)C(=O)C4N2C3c2ccc(Cl)cc2)c1. The number of rotatable bonds is 4. The molecular weight excluding hydrogens is 623 g/mol. The molecule has 230 valence electrons. The van der Waals surface area contributed by atoms with Crippen LogP contribution in [0.5, 0.6) is 0 Å². The number of nitrogens with zero attached hydrogens (tertiary/aromatic N) is 4. The lowest BCUT2D eigenvalue weighted by molar-refractivity contribution is -0.136. The molecule has 4 aliphatic heterocycles. The van der Waals surface area contributed by atoms with E-state index in [1.165, 1.54) is 9.80 Å². The third-order valence-corrected chi connectivity index (χ3v) is 10.2. The van der Waals surface area contributed by atoms with Crippen LogP contribution < -0.4 is 9.80 Å². The largest absolute Gasteiger partial charge is 0.274 e. The lowest BCUT2D eigenvalue weighted by atomic mass is 9.84. The average Bonchev–Trinajstić information content (AvgIpc) is 3.69. The fourth-order valence-electron chi connectivity index (χ4n) is 7.86. The van der Waals surface area contributed by atoms with E-state index in [2.05, 4.69) is 0 Å². The van der Waals surface area contributed by atoms with Crippen molar-refractivity contribution >= 4 is 58.2 Å². The zero-order valence-corrected chi connectivity index (χ0v) is 26.4. The molecule has 4 fully saturated rings. The molecule has 4 amide bonds. The van der Waals surface area contributed by atoms with Gasteiger partial charge in [-0.1, -0.05) is 71.7 Å². The maximum absolute atomic E-state index is 14.5. The van der Waals surface area contributed by atoms with Gasteiger partial charge in [-0.25, -0.2) is 19.8 Å². The van der Waals surface area contributed by atoms with Crippen LogP contribution in [0.25, 0.3) is 0 Å². The number of fused-ring (bicyclic) bond motifs is 5. The number of hydrogen-bond acceptors (Lipinski definition) is 6. The Morgan fingerprint density at radius 3 is 1.20 bits per heavy atom. The fraction of sp³-hybridized carbons (Fsp3) is 0.222. The molecule has 0 aliphatic carbocycles. The lowest BCUT2D eigenvalue weighted by Gasteiger charge is -2.35. The van der Waals surface area contributed by atoms with E-state index in [0.29, 0.717) is 21.4 Å². The normalized spacial score (nSPS) is 27.5. The number of halogens is 2. The molecule has 0 radical (unpaired) electrons. The zero-order valence-electron chi connectivity index (χ0n) is 24.9. The van der Waals surface area contributed by atoms with Crippen molar-refractivity contribution in [2.45, 2.75) is 38.0 Å². The summed E-state index contributed by atoms with van der Waals surface area (Å²) in [7, 11) is 0. The zero-order chi connectivity index (χ0) is 32.0. The summed E-state index contributed by atoms with van der Waals surface area (Å²) in [4.78, 5) is 60.6. The van der Waals surface area contributed by atoms with Crippen LogP contribution in [-0.2, 0) is 19.2 Å². The van der Waals surface area contributed by atoms with E-state index in [-0.39, 0.29) is 11.8 Å². The lowest BCUT2D eigenvalue weighted by Crippen LogP contribution is -2.50. The minimum Gasteiger partial charge on any atom is -0.274 e. The molecule has 0 aromatic heterocycles. The van der Waals surface area contributed by atoms with Gasteiger partial charge in [0, 0.05) is 10.0 Å². The molecule has 4 aliphatic rings. The van der Waals surface area contributed by atoms with Gasteiger partial charge in [-0.05, 0) is 84.6 Å². The Hall–Kier alpha value is -4.34. The molecule has 4 heterocycles. The van der Waals surface area contributed by atoms with Crippen LogP contribution in [0.4, 0.5) is 11.4 Å². The second kappa shape index (κ2) is 10.6. The Balaban J connectivity index is 1.33. The number of imide groups is 2. The van der Waals surface area contributed by atoms with Crippen molar-refractivity contribution in [3.63, 3.8) is 0 Å². The van der Waals surface area contributed by atoms with Gasteiger partial charge in [0.1, 0.15) is 12.1 Å². The molecule has 4 aromatic carbocycles. The summed E-state index contributed by atoms with van der Waals surface area (Å²) in [5.41, 5.74) is 4.25. The summed E-state index contributed by atoms with van der Waals surface area (Å²) < 4.78 is 0. The second-order valence-corrected chi connectivity index (χ2v) is 13.3. The van der Waals surface area contributed by atoms with Crippen molar-refractivity contribution in [2.75, 3.05) is 9.80 Å². The number of benzene rings is 4. The molecular formula is C36H28Cl2N4O4. The van der Waals surface area contributed by atoms with E-state index >= 15 is 0 Å². The van der Waals surface area contributed by atoms with Crippen molar-refractivity contribution in [1.82, 2.24) is 10.0 Å². The molecule has 0 saturated carbocycles. The molecule has 4 saturated heterocycles. The summed E-state index contributed by atoms with van der Waals surface area (Å²) in [5.74, 6) is -3.18. The minimum atomic E-state index is -0.951. The quantitative estimate of drug-likeness (QED) is 0.250. The Morgan fingerprint density at radius 2 is 0.848 bits per heavy atom. The van der Waals surface area contributed by atoms with Gasteiger partial charge in [0.15, 0.2) is 0 Å². The number of hydrazine groups is 1. The number of anilines is 2. The number of aryl methyl sites for hydroxylation is 2. The van der Waals surface area contributed by atoms with E-state index in [1.54, 1.807) is 36.4 Å². The van der Waals surface area contributed by atoms with E-state index < -0.39 is 47.8 Å². The first-order chi connectivity index (χ1) is 22.2. The smallest absolute Gasteiger partial charge is 0.253 e. The van der Waals surface area contributed by atoms with Crippen molar-refractivity contribution in [1.29, 1.82) is 0 Å². The van der Waals surface area contributed by atoms with Gasteiger partial charge in [0.05, 0.1) is 35.3 Å². The van der Waals surface area contributed by atoms with Crippen molar-refractivity contribution in [3.05, 3.63) is 129 Å². The Bertz CT molecular complexity index is 1810. The summed E-state index contributed by atoms with van der Waals surface area (Å²) in [6.45, 7) is 3.81. The van der Waals surface area contributed by atoms with Gasteiger partial charge < -0.3 is 0 Å². The maximum atomic E-state index is 14.5. The van der Waals surface area contributed by atoms with E-state index in [1.807, 2.05) is 84.5 Å². The van der Waals surface area contributed by atoms with Crippen LogP contribution >= 0.6 is 23.2 Å². The van der Waals surface area contributed by atoms with E-state index in [4.69, 9.17) is 23.2 Å². The highest BCUT2D eigenvalue weighted by atomic mass is 35.5. The molecule has 0 bridgehead atoms. The highest BCUT2D eigenvalue weighted by Crippen LogP contribution is 2.59. The van der Waals surface area contributed by atoms with Crippen LogP contribution in [0.1, 0.15) is 34.3 Å². The van der Waals surface area contributed by atoms with Gasteiger partial charge >= 0.3 is 0 Å². The van der Waals surface area contributed by atoms with Crippen LogP contribution in [0, 0.1) is 25.7 Å². The van der Waals surface area contributed by atoms with Gasteiger partial charge in [-0.15, -0.1) is 0 Å². The monoisotopic (exact) mass is 650 g/mol. The van der Waals surface area contributed by atoms with Gasteiger partial charge in [0.2, 0.25) is 11.8 Å². The highest BCUT2D eigenvalue weighted by molar-refractivity contribution is 6.31. The standard InChI is InChI=1S/C36H28Cl2N4O4/c1-19-5-3-7-25(17-19)39-33(43)27-29(21-9-13-23(37)14-10-21)42-32-28(34(44)40(36(32)46)26-8-4-6-20(2)18-26)30(41(42)31(27)35(39)45)22-11-15-24(38)16-12-22/h3-18,27-32H,1-2H3. The maximum Gasteiger partial charge on any atom is 0.253 e. The number of carbonyl (C=O) groups excluding carboxylic acids is 4. The Labute approximate surface area is 275 Å². The first-order valence-electron chi connectivity index (χ1n) is 15.1. The van der Waals surface area contributed by atoms with Crippen LogP contribution in [0.3, 0.4) is 0 Å². The first kappa shape index (κ1) is 29.1. The molecule has 10 heteroatoms. The number of hydrogen-bond donors (Lipinski definition) is 0. The molecule has 6 unspecified atom stereocenters. The van der Waals surface area contributed by atoms with Crippen molar-refractivity contribution in [3.8, 4) is 0 Å². The third-order valence-electron chi connectivity index (χ3n) is 9.67. The molecule has 8 nitrogen and oxygen atoms in total. The van der Waals surface area contributed by atoms with Crippen LogP contribution in [0.15, 0.2) is 97.1 Å². The Kier molecular flexibility index (Phi) is 6.71. The topological polar surface area (TPSA) is 81.2 Å². The molecule has 8 rings (SSSR count). The van der Waals surface area contributed by atoms with Crippen molar-refractivity contribution in [2.24, 2.45) is 11.8 Å². The second-order valence-electron chi connectivity index (χ2n) is 12.4. The van der Waals surface area contributed by atoms with Crippen LogP contribution in [0.2, 0.25) is 10.0 Å². The highest BCUT2D eigenvalue weighted by Gasteiger charge is 2.73. The van der Waals surface area contributed by atoms with E-state index in [9.17, 15) is 19.2 Å². The number of amides is 4. The number of carbonyl (C=O) groups is 4. The van der Waals surface area contributed by atoms with E-state index in [0.717, 1.165) is 22.3 Å². The summed E-state index contributed by atoms with van der Waals surface area (Å²) in [6.07, 6.45) is 0. The molecule has 4 aromatic rings. The van der Waals surface area contributed by atoms with Crippen molar-refractivity contribution < 1.29 is 19.2 Å². The third kappa shape index (κ3) is 4.14. The van der Waals surface area contributed by atoms with Crippen LogP contribution in [-0.4, -0.2) is 45.7 Å². The molecule has 0 spiro atoms.